The molecule has 0 unspecified atom stereocenters. The van der Waals surface area contributed by atoms with Crippen LogP contribution in [0.5, 0.6) is 0 Å². The van der Waals surface area contributed by atoms with E-state index in [0.717, 1.165) is 11.1 Å². The summed E-state index contributed by atoms with van der Waals surface area (Å²) in [5.41, 5.74) is 1.43. The molecule has 1 aromatic carbocycles. The lowest BCUT2D eigenvalue weighted by molar-refractivity contribution is -0.149. The van der Waals surface area contributed by atoms with Crippen LogP contribution in [-0.4, -0.2) is 17.8 Å². The average molecular weight is 222 g/mol. The molecule has 86 valence electrons. The Morgan fingerprint density at radius 3 is 2.31 bits per heavy atom. The number of hydrogen-bond donors (Lipinski definition) is 1. The van der Waals surface area contributed by atoms with Crippen molar-refractivity contribution in [2.75, 3.05) is 6.67 Å². The Hall–Kier alpha value is -1.38. The van der Waals surface area contributed by atoms with Gasteiger partial charge in [0.25, 0.3) is 0 Å². The summed E-state index contributed by atoms with van der Waals surface area (Å²) in [5.74, 6) is -0.794. The molecule has 0 heterocycles. The summed E-state index contributed by atoms with van der Waals surface area (Å²) in [6.07, 6.45) is 1.84. The fraction of sp³-hybridized carbons (Fsp3) is 0.462. The van der Waals surface area contributed by atoms with Crippen LogP contribution in [0.1, 0.15) is 24.0 Å². The van der Waals surface area contributed by atoms with Crippen molar-refractivity contribution >= 4 is 5.97 Å². The van der Waals surface area contributed by atoms with E-state index in [1.807, 2.05) is 24.3 Å². The molecule has 0 aliphatic heterocycles. The average Bonchev–Trinajstić information content (AvgIpc) is 2.66. The Bertz CT molecular complexity index is 376. The van der Waals surface area contributed by atoms with Gasteiger partial charge in [-0.1, -0.05) is 24.3 Å². The summed E-state index contributed by atoms with van der Waals surface area (Å²) in [6.45, 7) is -0.439. The Morgan fingerprint density at radius 2 is 1.88 bits per heavy atom. The molecule has 0 spiro atoms. The molecule has 0 amide bonds. The maximum atomic E-state index is 12.2. The van der Waals surface area contributed by atoms with E-state index < -0.39 is 18.1 Å². The number of halogens is 1. The first-order chi connectivity index (χ1) is 7.68. The van der Waals surface area contributed by atoms with Crippen molar-refractivity contribution < 1.29 is 14.3 Å². The van der Waals surface area contributed by atoms with Gasteiger partial charge >= 0.3 is 5.97 Å². The third-order valence-electron chi connectivity index (χ3n) is 3.42. The smallest absolute Gasteiger partial charge is 0.310 e. The molecule has 0 atom stereocenters. The minimum Gasteiger partial charge on any atom is -0.481 e. The highest BCUT2D eigenvalue weighted by molar-refractivity contribution is 5.77. The summed E-state index contributed by atoms with van der Waals surface area (Å²) < 4.78 is 12.2. The van der Waals surface area contributed by atoms with E-state index in [2.05, 4.69) is 0 Å². The van der Waals surface area contributed by atoms with E-state index >= 15 is 0 Å². The zero-order valence-electron chi connectivity index (χ0n) is 9.08. The number of fused-ring (bicyclic) bond motifs is 1. The van der Waals surface area contributed by atoms with Crippen LogP contribution in [0.15, 0.2) is 24.3 Å². The molecular formula is C13H15FO2. The summed E-state index contributed by atoms with van der Waals surface area (Å²) in [5, 5.41) is 9.34. The summed E-state index contributed by atoms with van der Waals surface area (Å²) in [4.78, 5) is 11.4. The van der Waals surface area contributed by atoms with E-state index in [4.69, 9.17) is 0 Å². The molecule has 2 nitrogen and oxygen atoms in total. The van der Waals surface area contributed by atoms with Gasteiger partial charge in [-0.2, -0.15) is 0 Å². The van der Waals surface area contributed by atoms with E-state index in [1.54, 1.807) is 0 Å². The Labute approximate surface area is 94.1 Å². The summed E-state index contributed by atoms with van der Waals surface area (Å²) in [7, 11) is 0. The quantitative estimate of drug-likeness (QED) is 0.850. The number of alkyl halides is 1. The van der Waals surface area contributed by atoms with Gasteiger partial charge in [0.15, 0.2) is 0 Å². The van der Waals surface area contributed by atoms with Crippen LogP contribution >= 0.6 is 0 Å². The van der Waals surface area contributed by atoms with E-state index in [-0.39, 0.29) is 0 Å². The molecular weight excluding hydrogens is 207 g/mol. The molecule has 0 aromatic heterocycles. The zero-order chi connectivity index (χ0) is 11.6. The monoisotopic (exact) mass is 222 g/mol. The fourth-order valence-electron chi connectivity index (χ4n) is 2.53. The highest BCUT2D eigenvalue weighted by atomic mass is 19.1. The third kappa shape index (κ3) is 1.82. The number of carbonyl (C=O) groups is 1. The Kier molecular flexibility index (Phi) is 2.95. The molecule has 2 rings (SSSR count). The molecule has 1 aromatic rings. The number of benzene rings is 1. The first-order valence-electron chi connectivity index (χ1n) is 5.54. The molecule has 1 aliphatic carbocycles. The highest BCUT2D eigenvalue weighted by Gasteiger charge is 2.43. The second-order valence-electron chi connectivity index (χ2n) is 4.50. The SMILES string of the molecule is O=C(O)C1(CCCF)Cc2ccccc2C1. The Balaban J connectivity index is 2.24. The van der Waals surface area contributed by atoms with Crippen LogP contribution in [-0.2, 0) is 17.6 Å². The van der Waals surface area contributed by atoms with Crippen molar-refractivity contribution in [1.82, 2.24) is 0 Å². The first-order valence-corrected chi connectivity index (χ1v) is 5.54. The molecule has 0 fully saturated rings. The van der Waals surface area contributed by atoms with E-state index in [9.17, 15) is 14.3 Å². The molecule has 1 N–H and O–H groups in total. The molecule has 3 heteroatoms. The van der Waals surface area contributed by atoms with Crippen LogP contribution in [0.3, 0.4) is 0 Å². The Morgan fingerprint density at radius 1 is 1.31 bits per heavy atom. The molecule has 0 saturated heterocycles. The van der Waals surface area contributed by atoms with Gasteiger partial charge in [0, 0.05) is 0 Å². The number of aliphatic carboxylic acids is 1. The number of hydrogen-bond acceptors (Lipinski definition) is 1. The standard InChI is InChI=1S/C13H15FO2/c14-7-3-6-13(12(15)16)8-10-4-1-2-5-11(10)9-13/h1-2,4-5H,3,6-9H2,(H,15,16). The number of rotatable bonds is 4. The van der Waals surface area contributed by atoms with Crippen LogP contribution in [0, 0.1) is 5.41 Å². The van der Waals surface area contributed by atoms with Gasteiger partial charge in [0.1, 0.15) is 0 Å². The first kappa shape index (κ1) is 11.1. The van der Waals surface area contributed by atoms with E-state index in [0.29, 0.717) is 25.7 Å². The van der Waals surface area contributed by atoms with Crippen molar-refractivity contribution in [2.24, 2.45) is 5.41 Å². The number of carboxylic acids is 1. The number of carboxylic acid groups (broad SMARTS) is 1. The molecule has 0 bridgehead atoms. The van der Waals surface area contributed by atoms with Crippen molar-refractivity contribution in [3.05, 3.63) is 35.4 Å². The van der Waals surface area contributed by atoms with Crippen molar-refractivity contribution in [2.45, 2.75) is 25.7 Å². The van der Waals surface area contributed by atoms with Crippen molar-refractivity contribution in [3.8, 4) is 0 Å². The van der Waals surface area contributed by atoms with Gasteiger partial charge in [-0.05, 0) is 36.8 Å². The maximum Gasteiger partial charge on any atom is 0.310 e. The molecule has 16 heavy (non-hydrogen) atoms. The van der Waals surface area contributed by atoms with Gasteiger partial charge in [-0.3, -0.25) is 9.18 Å². The van der Waals surface area contributed by atoms with Crippen LogP contribution in [0.25, 0.3) is 0 Å². The van der Waals surface area contributed by atoms with Crippen LogP contribution < -0.4 is 0 Å². The van der Waals surface area contributed by atoms with Gasteiger partial charge in [0.05, 0.1) is 12.1 Å². The van der Waals surface area contributed by atoms with Gasteiger partial charge in [0.2, 0.25) is 0 Å². The topological polar surface area (TPSA) is 37.3 Å². The summed E-state index contributed by atoms with van der Waals surface area (Å²) >= 11 is 0. The third-order valence-corrected chi connectivity index (χ3v) is 3.42. The van der Waals surface area contributed by atoms with E-state index in [1.165, 1.54) is 0 Å². The summed E-state index contributed by atoms with van der Waals surface area (Å²) in [6, 6.07) is 7.78. The second kappa shape index (κ2) is 4.24. The normalized spacial score (nSPS) is 17.1. The van der Waals surface area contributed by atoms with Crippen molar-refractivity contribution in [1.29, 1.82) is 0 Å². The predicted molar refractivity (Wildman–Crippen MR) is 59.1 cm³/mol. The zero-order valence-corrected chi connectivity index (χ0v) is 9.08. The molecule has 1 aliphatic rings. The van der Waals surface area contributed by atoms with Gasteiger partial charge < -0.3 is 5.11 Å². The fourth-order valence-corrected chi connectivity index (χ4v) is 2.53. The molecule has 0 saturated carbocycles. The van der Waals surface area contributed by atoms with Crippen LogP contribution in [0.4, 0.5) is 4.39 Å². The van der Waals surface area contributed by atoms with Crippen molar-refractivity contribution in [3.63, 3.8) is 0 Å². The lowest BCUT2D eigenvalue weighted by Crippen LogP contribution is -2.31. The van der Waals surface area contributed by atoms with Gasteiger partial charge in [-0.15, -0.1) is 0 Å². The van der Waals surface area contributed by atoms with Crippen LogP contribution in [0.2, 0.25) is 0 Å². The lowest BCUT2D eigenvalue weighted by Gasteiger charge is -2.23. The highest BCUT2D eigenvalue weighted by Crippen LogP contribution is 2.40. The second-order valence-corrected chi connectivity index (χ2v) is 4.50. The maximum absolute atomic E-state index is 12.2. The minimum absolute atomic E-state index is 0.334. The molecule has 0 radical (unpaired) electrons. The largest absolute Gasteiger partial charge is 0.481 e. The minimum atomic E-state index is -0.794. The predicted octanol–water partition coefficient (Wildman–Crippen LogP) is 2.61. The lowest BCUT2D eigenvalue weighted by atomic mass is 9.80. The van der Waals surface area contributed by atoms with Gasteiger partial charge in [-0.25, -0.2) is 0 Å².